The van der Waals surface area contributed by atoms with E-state index in [1.54, 1.807) is 30.3 Å². The Labute approximate surface area is 167 Å². The van der Waals surface area contributed by atoms with Gasteiger partial charge >= 0.3 is 0 Å². The smallest absolute Gasteiger partial charge is 0.269 e. The fourth-order valence-corrected chi connectivity index (χ4v) is 2.77. The largest absolute Gasteiger partial charge is 0.457 e. The molecule has 1 amide bonds. The van der Waals surface area contributed by atoms with Crippen molar-refractivity contribution >= 4 is 23.4 Å². The molecule has 0 spiro atoms. The number of hydrogen-bond acceptors (Lipinski definition) is 5. The number of nitro benzene ring substituents is 1. The Kier molecular flexibility index (Phi) is 5.56. The monoisotopic (exact) mass is 387 g/mol. The van der Waals surface area contributed by atoms with E-state index in [2.05, 4.69) is 5.32 Å². The van der Waals surface area contributed by atoms with Crippen LogP contribution in [0.4, 0.5) is 11.4 Å². The van der Waals surface area contributed by atoms with Gasteiger partial charge in [0.1, 0.15) is 23.2 Å². The highest BCUT2D eigenvalue weighted by Crippen LogP contribution is 2.25. The second-order valence-corrected chi connectivity index (χ2v) is 6.45. The van der Waals surface area contributed by atoms with Gasteiger partial charge in [0.15, 0.2) is 0 Å². The maximum atomic E-state index is 12.5. The number of carbonyl (C=O) groups is 1. The van der Waals surface area contributed by atoms with Crippen molar-refractivity contribution in [1.82, 2.24) is 0 Å². The first-order chi connectivity index (χ1) is 13.9. The van der Waals surface area contributed by atoms with Crippen molar-refractivity contribution in [3.8, 4) is 17.4 Å². The van der Waals surface area contributed by atoms with Gasteiger partial charge in [0.25, 0.3) is 11.6 Å². The number of rotatable bonds is 5. The van der Waals surface area contributed by atoms with E-state index in [9.17, 15) is 20.2 Å². The minimum atomic E-state index is -0.535. The van der Waals surface area contributed by atoms with Gasteiger partial charge < -0.3 is 9.73 Å². The summed E-state index contributed by atoms with van der Waals surface area (Å²) in [4.78, 5) is 22.7. The Balaban J connectivity index is 1.80. The maximum absolute atomic E-state index is 12.5. The van der Waals surface area contributed by atoms with Crippen LogP contribution in [0.5, 0.6) is 0 Å². The summed E-state index contributed by atoms with van der Waals surface area (Å²) in [6.45, 7) is 3.83. The first kappa shape index (κ1) is 19.6. The molecular weight excluding hydrogens is 370 g/mol. The SMILES string of the molecule is Cc1ccc(NC(=O)/C(C#N)=C/c2ccc(-c3ccc([N+](=O)[O-])cc3)o2)c(C)c1. The molecule has 0 aliphatic rings. The Morgan fingerprint density at radius 2 is 1.86 bits per heavy atom. The molecule has 3 aromatic rings. The van der Waals surface area contributed by atoms with Crippen molar-refractivity contribution in [2.75, 3.05) is 5.32 Å². The number of nitriles is 1. The molecule has 0 atom stereocenters. The van der Waals surface area contributed by atoms with Crippen LogP contribution in [0.1, 0.15) is 16.9 Å². The zero-order chi connectivity index (χ0) is 21.0. The average Bonchev–Trinajstić information content (AvgIpc) is 3.17. The van der Waals surface area contributed by atoms with Gasteiger partial charge in [-0.25, -0.2) is 0 Å². The summed E-state index contributed by atoms with van der Waals surface area (Å²) in [6, 6.07) is 16.7. The molecular formula is C22H17N3O4. The van der Waals surface area contributed by atoms with Crippen LogP contribution in [0.25, 0.3) is 17.4 Å². The molecule has 0 radical (unpaired) electrons. The van der Waals surface area contributed by atoms with Crippen LogP contribution in [0.15, 0.2) is 64.6 Å². The summed E-state index contributed by atoms with van der Waals surface area (Å²) < 4.78 is 5.66. The third kappa shape index (κ3) is 4.57. The molecule has 0 saturated carbocycles. The van der Waals surface area contributed by atoms with Gasteiger partial charge in [-0.2, -0.15) is 5.26 Å². The van der Waals surface area contributed by atoms with E-state index < -0.39 is 10.8 Å². The van der Waals surface area contributed by atoms with Crippen molar-refractivity contribution in [1.29, 1.82) is 5.26 Å². The predicted octanol–water partition coefficient (Wildman–Crippen LogP) is 5.02. The van der Waals surface area contributed by atoms with E-state index in [0.29, 0.717) is 22.8 Å². The molecule has 2 aromatic carbocycles. The number of non-ortho nitro benzene ring substituents is 1. The Hall–Kier alpha value is -4.18. The molecule has 0 aliphatic carbocycles. The molecule has 29 heavy (non-hydrogen) atoms. The number of benzene rings is 2. The third-order valence-electron chi connectivity index (χ3n) is 4.27. The highest BCUT2D eigenvalue weighted by molar-refractivity contribution is 6.09. The van der Waals surface area contributed by atoms with Crippen molar-refractivity contribution in [2.24, 2.45) is 0 Å². The lowest BCUT2D eigenvalue weighted by Crippen LogP contribution is -2.14. The van der Waals surface area contributed by atoms with Crippen LogP contribution in [0, 0.1) is 35.3 Å². The highest BCUT2D eigenvalue weighted by atomic mass is 16.6. The summed E-state index contributed by atoms with van der Waals surface area (Å²) in [5.41, 5.74) is 3.13. The summed E-state index contributed by atoms with van der Waals surface area (Å²) in [6.07, 6.45) is 1.35. The molecule has 1 N–H and O–H groups in total. The number of hydrogen-bond donors (Lipinski definition) is 1. The fraction of sp³-hybridized carbons (Fsp3) is 0.0909. The van der Waals surface area contributed by atoms with Crippen molar-refractivity contribution in [2.45, 2.75) is 13.8 Å². The molecule has 0 unspecified atom stereocenters. The van der Waals surface area contributed by atoms with Crippen LogP contribution >= 0.6 is 0 Å². The molecule has 7 heteroatoms. The highest BCUT2D eigenvalue weighted by Gasteiger charge is 2.13. The molecule has 0 fully saturated rings. The summed E-state index contributed by atoms with van der Waals surface area (Å²) in [5.74, 6) is 0.261. The Morgan fingerprint density at radius 1 is 1.14 bits per heavy atom. The number of nitrogens with one attached hydrogen (secondary N) is 1. The number of furan rings is 1. The zero-order valence-corrected chi connectivity index (χ0v) is 15.8. The molecule has 0 bridgehead atoms. The molecule has 1 heterocycles. The first-order valence-electron chi connectivity index (χ1n) is 8.72. The normalized spacial score (nSPS) is 11.0. The van der Waals surface area contributed by atoms with Crippen LogP contribution < -0.4 is 5.32 Å². The molecule has 1 aromatic heterocycles. The molecule has 0 aliphatic heterocycles. The standard InChI is InChI=1S/C22H17N3O4/c1-14-3-9-20(15(2)11-14)24-22(26)17(13-23)12-19-8-10-21(29-19)16-4-6-18(7-5-16)25(27)28/h3-12H,1-2H3,(H,24,26)/b17-12+. The second kappa shape index (κ2) is 8.23. The maximum Gasteiger partial charge on any atom is 0.269 e. The Morgan fingerprint density at radius 3 is 2.48 bits per heavy atom. The lowest BCUT2D eigenvalue weighted by molar-refractivity contribution is -0.384. The van der Waals surface area contributed by atoms with Gasteiger partial charge in [0, 0.05) is 29.5 Å². The third-order valence-corrected chi connectivity index (χ3v) is 4.27. The average molecular weight is 387 g/mol. The number of amides is 1. The van der Waals surface area contributed by atoms with Crippen LogP contribution in [0.2, 0.25) is 0 Å². The van der Waals surface area contributed by atoms with Gasteiger partial charge in [-0.05, 0) is 49.7 Å². The second-order valence-electron chi connectivity index (χ2n) is 6.45. The topological polar surface area (TPSA) is 109 Å². The molecule has 144 valence electrons. The van der Waals surface area contributed by atoms with Crippen molar-refractivity contribution in [3.05, 3.63) is 87.2 Å². The first-order valence-corrected chi connectivity index (χ1v) is 8.72. The molecule has 3 rings (SSSR count). The molecule has 7 nitrogen and oxygen atoms in total. The van der Waals surface area contributed by atoms with E-state index in [4.69, 9.17) is 4.42 Å². The van der Waals surface area contributed by atoms with Crippen LogP contribution in [-0.2, 0) is 4.79 Å². The van der Waals surface area contributed by atoms with Gasteiger partial charge in [0.05, 0.1) is 4.92 Å². The van der Waals surface area contributed by atoms with Crippen LogP contribution in [0.3, 0.4) is 0 Å². The van der Waals surface area contributed by atoms with Gasteiger partial charge in [0.2, 0.25) is 0 Å². The summed E-state index contributed by atoms with van der Waals surface area (Å²) >= 11 is 0. The lowest BCUT2D eigenvalue weighted by Gasteiger charge is -2.08. The van der Waals surface area contributed by atoms with Crippen molar-refractivity contribution in [3.63, 3.8) is 0 Å². The number of carbonyl (C=O) groups excluding carboxylic acids is 1. The van der Waals surface area contributed by atoms with Gasteiger partial charge in [-0.3, -0.25) is 14.9 Å². The van der Waals surface area contributed by atoms with E-state index in [0.717, 1.165) is 11.1 Å². The van der Waals surface area contributed by atoms with E-state index in [1.807, 2.05) is 32.0 Å². The zero-order valence-electron chi connectivity index (χ0n) is 15.8. The molecule has 0 saturated heterocycles. The van der Waals surface area contributed by atoms with Crippen molar-refractivity contribution < 1.29 is 14.1 Å². The summed E-state index contributed by atoms with van der Waals surface area (Å²) in [7, 11) is 0. The van der Waals surface area contributed by atoms with Gasteiger partial charge in [-0.15, -0.1) is 0 Å². The van der Waals surface area contributed by atoms with E-state index in [-0.39, 0.29) is 11.3 Å². The lowest BCUT2D eigenvalue weighted by atomic mass is 10.1. The van der Waals surface area contributed by atoms with Gasteiger partial charge in [-0.1, -0.05) is 17.7 Å². The number of nitrogens with zero attached hydrogens (tertiary/aromatic N) is 2. The fourth-order valence-electron chi connectivity index (χ4n) is 2.77. The van der Waals surface area contributed by atoms with Crippen LogP contribution in [-0.4, -0.2) is 10.8 Å². The number of anilines is 1. The number of nitro groups is 1. The summed E-state index contributed by atoms with van der Waals surface area (Å²) in [5, 5.41) is 22.8. The minimum Gasteiger partial charge on any atom is -0.457 e. The minimum absolute atomic E-state index is 0.0183. The van der Waals surface area contributed by atoms with E-state index >= 15 is 0 Å². The Bertz CT molecular complexity index is 1150. The predicted molar refractivity (Wildman–Crippen MR) is 109 cm³/mol. The quantitative estimate of drug-likeness (QED) is 0.286. The van der Waals surface area contributed by atoms with E-state index in [1.165, 1.54) is 18.2 Å². The number of aryl methyl sites for hydroxylation is 2.